The monoisotopic (exact) mass is 424 g/mol. The molecule has 0 unspecified atom stereocenters. The minimum Gasteiger partial charge on any atom is -0.497 e. The van der Waals surface area contributed by atoms with Gasteiger partial charge < -0.3 is 14.4 Å². The summed E-state index contributed by atoms with van der Waals surface area (Å²) in [6, 6.07) is 18.4. The standard InChI is InChI=1S/C24H28N2O3S/c1-28-20-5-3-4-19(14-20)23-15-21(29-25-23)16-24(27)10-12-26(13-11-24)17-18-6-8-22(30-2)9-7-18/h3-9,14-15,27H,10-13,16-17H2,1-2H3. The second-order valence-corrected chi connectivity index (χ2v) is 8.82. The predicted octanol–water partition coefficient (Wildman–Crippen LogP) is 4.64. The van der Waals surface area contributed by atoms with Crippen LogP contribution in [0.15, 0.2) is 64.0 Å². The first-order chi connectivity index (χ1) is 14.6. The van der Waals surface area contributed by atoms with Crippen LogP contribution in [0.1, 0.15) is 24.2 Å². The number of aromatic nitrogens is 1. The van der Waals surface area contributed by atoms with E-state index in [1.54, 1.807) is 18.9 Å². The summed E-state index contributed by atoms with van der Waals surface area (Å²) in [5.41, 5.74) is 2.28. The minimum atomic E-state index is -0.746. The van der Waals surface area contributed by atoms with Gasteiger partial charge in [-0.05, 0) is 48.9 Å². The number of aliphatic hydroxyl groups is 1. The molecule has 6 heteroatoms. The van der Waals surface area contributed by atoms with E-state index < -0.39 is 5.60 Å². The predicted molar refractivity (Wildman–Crippen MR) is 120 cm³/mol. The minimum absolute atomic E-state index is 0.486. The summed E-state index contributed by atoms with van der Waals surface area (Å²) in [4.78, 5) is 3.69. The fourth-order valence-corrected chi connectivity index (χ4v) is 4.34. The van der Waals surface area contributed by atoms with Crippen LogP contribution < -0.4 is 4.74 Å². The Bertz CT molecular complexity index is 963. The lowest BCUT2D eigenvalue weighted by Gasteiger charge is -2.37. The van der Waals surface area contributed by atoms with Gasteiger partial charge in [0.25, 0.3) is 0 Å². The lowest BCUT2D eigenvalue weighted by molar-refractivity contribution is -0.0265. The van der Waals surface area contributed by atoms with Gasteiger partial charge in [-0.15, -0.1) is 11.8 Å². The Labute approximate surface area is 182 Å². The Kier molecular flexibility index (Phi) is 6.46. The van der Waals surface area contributed by atoms with Crippen LogP contribution in [0.5, 0.6) is 5.75 Å². The topological polar surface area (TPSA) is 58.7 Å². The molecule has 0 spiro atoms. The van der Waals surface area contributed by atoms with Gasteiger partial charge in [0.2, 0.25) is 0 Å². The molecule has 1 N–H and O–H groups in total. The van der Waals surface area contributed by atoms with E-state index in [0.29, 0.717) is 6.42 Å². The van der Waals surface area contributed by atoms with E-state index in [2.05, 4.69) is 40.6 Å². The molecule has 1 aromatic heterocycles. The van der Waals surface area contributed by atoms with E-state index in [1.165, 1.54) is 10.5 Å². The van der Waals surface area contributed by atoms with Gasteiger partial charge >= 0.3 is 0 Å². The molecule has 0 radical (unpaired) electrons. The summed E-state index contributed by atoms with van der Waals surface area (Å²) in [7, 11) is 1.65. The Morgan fingerprint density at radius 2 is 1.90 bits per heavy atom. The van der Waals surface area contributed by atoms with Crippen molar-refractivity contribution in [3.05, 3.63) is 65.9 Å². The van der Waals surface area contributed by atoms with Gasteiger partial charge in [-0.3, -0.25) is 4.90 Å². The van der Waals surface area contributed by atoms with E-state index in [4.69, 9.17) is 9.26 Å². The number of piperidine rings is 1. The number of likely N-dealkylation sites (tertiary alicyclic amines) is 1. The van der Waals surface area contributed by atoms with E-state index in [-0.39, 0.29) is 0 Å². The number of thioether (sulfide) groups is 1. The quantitative estimate of drug-likeness (QED) is 0.558. The molecule has 1 fully saturated rings. The van der Waals surface area contributed by atoms with Crippen molar-refractivity contribution >= 4 is 11.8 Å². The third-order valence-electron chi connectivity index (χ3n) is 5.78. The fraction of sp³-hybridized carbons (Fsp3) is 0.375. The summed E-state index contributed by atoms with van der Waals surface area (Å²) < 4.78 is 10.8. The number of nitrogens with zero attached hydrogens (tertiary/aromatic N) is 2. The molecule has 1 aliphatic rings. The molecular formula is C24H28N2O3S. The molecule has 3 aromatic rings. The van der Waals surface area contributed by atoms with Gasteiger partial charge in [0.15, 0.2) is 0 Å². The highest BCUT2D eigenvalue weighted by molar-refractivity contribution is 7.98. The van der Waals surface area contributed by atoms with Crippen molar-refractivity contribution in [2.24, 2.45) is 0 Å². The maximum Gasteiger partial charge on any atom is 0.140 e. The van der Waals surface area contributed by atoms with Crippen LogP contribution in [0.25, 0.3) is 11.3 Å². The third kappa shape index (κ3) is 5.06. The van der Waals surface area contributed by atoms with Crippen molar-refractivity contribution < 1.29 is 14.4 Å². The number of methoxy groups -OCH3 is 1. The van der Waals surface area contributed by atoms with Crippen molar-refractivity contribution in [1.29, 1.82) is 0 Å². The molecule has 1 aliphatic heterocycles. The van der Waals surface area contributed by atoms with Crippen LogP contribution in [0, 0.1) is 0 Å². The number of ether oxygens (including phenoxy) is 1. The molecule has 0 saturated carbocycles. The third-order valence-corrected chi connectivity index (χ3v) is 6.52. The molecule has 1 saturated heterocycles. The Morgan fingerprint density at radius 3 is 2.60 bits per heavy atom. The molecule has 0 atom stereocenters. The molecular weight excluding hydrogens is 396 g/mol. The number of benzene rings is 2. The molecule has 0 aliphatic carbocycles. The first kappa shape index (κ1) is 21.0. The van der Waals surface area contributed by atoms with Crippen LogP contribution in [-0.2, 0) is 13.0 Å². The molecule has 30 heavy (non-hydrogen) atoms. The van der Waals surface area contributed by atoms with Crippen molar-refractivity contribution in [2.45, 2.75) is 36.3 Å². The highest BCUT2D eigenvalue weighted by atomic mass is 32.2. The Hall–Kier alpha value is -2.28. The zero-order valence-corrected chi connectivity index (χ0v) is 18.3. The lowest BCUT2D eigenvalue weighted by atomic mass is 9.87. The van der Waals surface area contributed by atoms with Gasteiger partial charge in [0.05, 0.1) is 12.7 Å². The van der Waals surface area contributed by atoms with E-state index >= 15 is 0 Å². The average Bonchev–Trinajstić information content (AvgIpc) is 3.24. The summed E-state index contributed by atoms with van der Waals surface area (Å²) >= 11 is 1.76. The maximum absolute atomic E-state index is 11.1. The molecule has 4 rings (SSSR count). The highest BCUT2D eigenvalue weighted by Crippen LogP contribution is 2.30. The number of rotatable bonds is 7. The lowest BCUT2D eigenvalue weighted by Crippen LogP contribution is -2.45. The second kappa shape index (κ2) is 9.25. The second-order valence-electron chi connectivity index (χ2n) is 7.94. The van der Waals surface area contributed by atoms with Crippen LogP contribution in [-0.4, -0.2) is 47.2 Å². The van der Waals surface area contributed by atoms with E-state index in [1.807, 2.05) is 30.3 Å². The summed E-state index contributed by atoms with van der Waals surface area (Å²) in [6.45, 7) is 2.67. The van der Waals surface area contributed by atoms with Crippen molar-refractivity contribution in [1.82, 2.24) is 10.1 Å². The summed E-state index contributed by atoms with van der Waals surface area (Å²) in [5, 5.41) is 15.3. The van der Waals surface area contributed by atoms with Crippen molar-refractivity contribution in [3.8, 4) is 17.0 Å². The van der Waals surface area contributed by atoms with Gasteiger partial charge in [0, 0.05) is 42.6 Å². The molecule has 158 valence electrons. The largest absolute Gasteiger partial charge is 0.497 e. The van der Waals surface area contributed by atoms with Crippen LogP contribution in [0.3, 0.4) is 0 Å². The SMILES string of the molecule is COc1cccc(-c2cc(CC3(O)CCN(Cc4ccc(SC)cc4)CC3)on2)c1. The zero-order chi connectivity index (χ0) is 21.0. The molecule has 0 amide bonds. The average molecular weight is 425 g/mol. The summed E-state index contributed by atoms with van der Waals surface area (Å²) in [6.07, 6.45) is 4.03. The number of hydrogen-bond acceptors (Lipinski definition) is 6. The Morgan fingerprint density at radius 1 is 1.13 bits per heavy atom. The van der Waals surface area contributed by atoms with Crippen molar-refractivity contribution in [2.75, 3.05) is 26.5 Å². The zero-order valence-electron chi connectivity index (χ0n) is 17.5. The van der Waals surface area contributed by atoms with E-state index in [0.717, 1.165) is 55.2 Å². The van der Waals surface area contributed by atoms with Gasteiger partial charge in [0.1, 0.15) is 17.2 Å². The number of hydrogen-bond donors (Lipinski definition) is 1. The molecule has 0 bridgehead atoms. The molecule has 2 aromatic carbocycles. The normalized spacial score (nSPS) is 16.5. The van der Waals surface area contributed by atoms with Gasteiger partial charge in [-0.2, -0.15) is 0 Å². The summed E-state index contributed by atoms with van der Waals surface area (Å²) in [5.74, 6) is 1.50. The van der Waals surface area contributed by atoms with E-state index in [9.17, 15) is 5.11 Å². The first-order valence-corrected chi connectivity index (χ1v) is 11.5. The van der Waals surface area contributed by atoms with Crippen LogP contribution >= 0.6 is 11.8 Å². The Balaban J connectivity index is 1.34. The van der Waals surface area contributed by atoms with Crippen molar-refractivity contribution in [3.63, 3.8) is 0 Å². The van der Waals surface area contributed by atoms with Gasteiger partial charge in [-0.25, -0.2) is 0 Å². The molecule has 5 nitrogen and oxygen atoms in total. The molecule has 2 heterocycles. The smallest absolute Gasteiger partial charge is 0.140 e. The first-order valence-electron chi connectivity index (χ1n) is 10.2. The van der Waals surface area contributed by atoms with Crippen LogP contribution in [0.4, 0.5) is 0 Å². The highest BCUT2D eigenvalue weighted by Gasteiger charge is 2.33. The maximum atomic E-state index is 11.1. The van der Waals surface area contributed by atoms with Gasteiger partial charge in [-0.1, -0.05) is 29.4 Å². The van der Waals surface area contributed by atoms with Crippen LogP contribution in [0.2, 0.25) is 0 Å². The fourth-order valence-electron chi connectivity index (χ4n) is 3.93.